The minimum atomic E-state index is 0.746. The van der Waals surface area contributed by atoms with E-state index < -0.39 is 0 Å². The van der Waals surface area contributed by atoms with Crippen LogP contribution in [0.4, 0.5) is 0 Å². The Morgan fingerprint density at radius 2 is 1.50 bits per heavy atom. The fraction of sp³-hybridized carbons (Fsp3) is 0.824. The molecular formula is C17H29N. The van der Waals surface area contributed by atoms with Crippen molar-refractivity contribution in [3.63, 3.8) is 0 Å². The van der Waals surface area contributed by atoms with Gasteiger partial charge >= 0.3 is 0 Å². The Kier molecular flexibility index (Phi) is 9.62. The molecule has 0 aromatic carbocycles. The van der Waals surface area contributed by atoms with Crippen LogP contribution in [0, 0.1) is 17.2 Å². The minimum Gasteiger partial charge on any atom is -0.198 e. The predicted octanol–water partition coefficient (Wildman–Crippen LogP) is 5.77. The predicted molar refractivity (Wildman–Crippen MR) is 78.3 cm³/mol. The molecule has 0 saturated carbocycles. The maximum Gasteiger partial charge on any atom is 0.0621 e. The normalized spacial score (nSPS) is 18.1. The molecule has 0 bridgehead atoms. The Morgan fingerprint density at radius 1 is 0.889 bits per heavy atom. The summed E-state index contributed by atoms with van der Waals surface area (Å²) < 4.78 is 0. The highest BCUT2D eigenvalue weighted by atomic mass is 14.2. The second-order valence-corrected chi connectivity index (χ2v) is 5.64. The molecule has 1 heteroatoms. The van der Waals surface area contributed by atoms with Gasteiger partial charge in [0.1, 0.15) is 0 Å². The maximum absolute atomic E-state index is 8.41. The van der Waals surface area contributed by atoms with E-state index in [0.717, 1.165) is 18.8 Å². The summed E-state index contributed by atoms with van der Waals surface area (Å²) in [6, 6.07) is 2.21. The van der Waals surface area contributed by atoms with E-state index in [9.17, 15) is 0 Å². The third-order valence-electron chi connectivity index (χ3n) is 3.98. The van der Waals surface area contributed by atoms with Crippen LogP contribution in [-0.4, -0.2) is 0 Å². The van der Waals surface area contributed by atoms with Gasteiger partial charge in [0, 0.05) is 6.42 Å². The van der Waals surface area contributed by atoms with Gasteiger partial charge in [-0.3, -0.25) is 0 Å². The Bertz CT molecular complexity index is 249. The molecule has 0 aromatic heterocycles. The van der Waals surface area contributed by atoms with Gasteiger partial charge in [0.05, 0.1) is 6.07 Å². The van der Waals surface area contributed by atoms with E-state index >= 15 is 0 Å². The first kappa shape index (κ1) is 15.3. The summed E-state index contributed by atoms with van der Waals surface area (Å²) in [5.74, 6) is 0.908. The largest absolute Gasteiger partial charge is 0.198 e. The molecule has 0 aliphatic heterocycles. The monoisotopic (exact) mass is 247 g/mol. The Labute approximate surface area is 113 Å². The summed E-state index contributed by atoms with van der Waals surface area (Å²) >= 11 is 0. The number of allylic oxidation sites excluding steroid dienone is 2. The summed E-state index contributed by atoms with van der Waals surface area (Å²) in [5.41, 5.74) is 0. The highest BCUT2D eigenvalue weighted by Crippen LogP contribution is 2.23. The zero-order valence-corrected chi connectivity index (χ0v) is 11.9. The smallest absolute Gasteiger partial charge is 0.0621 e. The van der Waals surface area contributed by atoms with Crippen molar-refractivity contribution in [2.45, 2.75) is 83.5 Å². The van der Waals surface area contributed by atoms with E-state index in [2.05, 4.69) is 18.2 Å². The molecule has 0 N–H and O–H groups in total. The lowest BCUT2D eigenvalue weighted by Gasteiger charge is -2.06. The van der Waals surface area contributed by atoms with Crippen LogP contribution in [0.5, 0.6) is 0 Å². The molecule has 0 saturated heterocycles. The van der Waals surface area contributed by atoms with Crippen molar-refractivity contribution in [2.75, 3.05) is 0 Å². The van der Waals surface area contributed by atoms with Gasteiger partial charge < -0.3 is 0 Å². The standard InChI is InChI=1S/C17H29N/c18-16-12-8-6-4-2-1-3-5-7-9-13-17-14-10-11-15-17/h10,14,17H,1-9,11-13,15H2. The lowest BCUT2D eigenvalue weighted by atomic mass is 9.99. The first-order chi connectivity index (χ1) is 8.93. The van der Waals surface area contributed by atoms with Gasteiger partial charge in [-0.2, -0.15) is 5.26 Å². The molecule has 18 heavy (non-hydrogen) atoms. The van der Waals surface area contributed by atoms with E-state index in [4.69, 9.17) is 5.26 Å². The summed E-state index contributed by atoms with van der Waals surface area (Å²) in [7, 11) is 0. The van der Waals surface area contributed by atoms with Gasteiger partial charge in [-0.05, 0) is 31.6 Å². The Hall–Kier alpha value is -0.770. The van der Waals surface area contributed by atoms with E-state index in [1.807, 2.05) is 0 Å². The fourth-order valence-electron chi connectivity index (χ4n) is 2.78. The quantitative estimate of drug-likeness (QED) is 0.336. The molecule has 0 heterocycles. The molecule has 1 unspecified atom stereocenters. The molecular weight excluding hydrogens is 218 g/mol. The van der Waals surface area contributed by atoms with Crippen LogP contribution in [0.2, 0.25) is 0 Å². The van der Waals surface area contributed by atoms with Crippen LogP contribution in [0.3, 0.4) is 0 Å². The number of hydrogen-bond acceptors (Lipinski definition) is 1. The van der Waals surface area contributed by atoms with Gasteiger partial charge in [0.15, 0.2) is 0 Å². The maximum atomic E-state index is 8.41. The molecule has 1 aliphatic rings. The minimum absolute atomic E-state index is 0.746. The van der Waals surface area contributed by atoms with Gasteiger partial charge in [0.2, 0.25) is 0 Å². The number of unbranched alkanes of at least 4 members (excludes halogenated alkanes) is 9. The van der Waals surface area contributed by atoms with Gasteiger partial charge in [0.25, 0.3) is 0 Å². The highest BCUT2D eigenvalue weighted by molar-refractivity contribution is 4.95. The van der Waals surface area contributed by atoms with Crippen molar-refractivity contribution in [1.29, 1.82) is 5.26 Å². The number of hydrogen-bond donors (Lipinski definition) is 0. The molecule has 102 valence electrons. The summed E-state index contributed by atoms with van der Waals surface area (Å²) in [6.07, 6.45) is 21.8. The van der Waals surface area contributed by atoms with E-state index in [0.29, 0.717) is 0 Å². The lowest BCUT2D eigenvalue weighted by Crippen LogP contribution is -1.91. The number of nitrogens with zero attached hydrogens (tertiary/aromatic N) is 1. The van der Waals surface area contributed by atoms with Gasteiger partial charge in [-0.15, -0.1) is 0 Å². The molecule has 1 nitrogen and oxygen atoms in total. The third-order valence-corrected chi connectivity index (χ3v) is 3.98. The van der Waals surface area contributed by atoms with Gasteiger partial charge in [-0.25, -0.2) is 0 Å². The van der Waals surface area contributed by atoms with Crippen LogP contribution in [0.1, 0.15) is 83.5 Å². The molecule has 0 aromatic rings. The second-order valence-electron chi connectivity index (χ2n) is 5.64. The molecule has 1 atom stereocenters. The first-order valence-corrected chi connectivity index (χ1v) is 7.97. The summed E-state index contributed by atoms with van der Waals surface area (Å²) in [6.45, 7) is 0. The Morgan fingerprint density at radius 3 is 2.06 bits per heavy atom. The molecule has 1 rings (SSSR count). The van der Waals surface area contributed by atoms with Crippen LogP contribution in [0.15, 0.2) is 12.2 Å². The van der Waals surface area contributed by atoms with Crippen molar-refractivity contribution >= 4 is 0 Å². The average Bonchev–Trinajstić information content (AvgIpc) is 2.89. The SMILES string of the molecule is N#CCCCCCCCCCCCC1C=CCC1. The molecule has 0 radical (unpaired) electrons. The van der Waals surface area contributed by atoms with Gasteiger partial charge in [-0.1, -0.05) is 63.5 Å². The van der Waals surface area contributed by atoms with Crippen molar-refractivity contribution < 1.29 is 0 Å². The Balaban J connectivity index is 1.71. The van der Waals surface area contributed by atoms with Crippen LogP contribution in [0.25, 0.3) is 0 Å². The first-order valence-electron chi connectivity index (χ1n) is 7.97. The second kappa shape index (κ2) is 11.3. The van der Waals surface area contributed by atoms with E-state index in [1.165, 1.54) is 70.6 Å². The lowest BCUT2D eigenvalue weighted by molar-refractivity contribution is 0.505. The number of rotatable bonds is 11. The van der Waals surface area contributed by atoms with Crippen LogP contribution < -0.4 is 0 Å². The molecule has 0 spiro atoms. The van der Waals surface area contributed by atoms with E-state index in [-0.39, 0.29) is 0 Å². The topological polar surface area (TPSA) is 23.8 Å². The number of nitriles is 1. The van der Waals surface area contributed by atoms with Crippen molar-refractivity contribution in [1.82, 2.24) is 0 Å². The van der Waals surface area contributed by atoms with Crippen molar-refractivity contribution in [2.24, 2.45) is 5.92 Å². The van der Waals surface area contributed by atoms with E-state index in [1.54, 1.807) is 0 Å². The highest BCUT2D eigenvalue weighted by Gasteiger charge is 2.07. The molecule has 0 amide bonds. The molecule has 0 fully saturated rings. The van der Waals surface area contributed by atoms with Crippen LogP contribution in [-0.2, 0) is 0 Å². The summed E-state index contributed by atoms with van der Waals surface area (Å²) in [4.78, 5) is 0. The fourth-order valence-corrected chi connectivity index (χ4v) is 2.78. The zero-order chi connectivity index (χ0) is 12.9. The average molecular weight is 247 g/mol. The van der Waals surface area contributed by atoms with Crippen molar-refractivity contribution in [3.05, 3.63) is 12.2 Å². The van der Waals surface area contributed by atoms with Crippen LogP contribution >= 0.6 is 0 Å². The zero-order valence-electron chi connectivity index (χ0n) is 11.9. The molecule has 1 aliphatic carbocycles. The van der Waals surface area contributed by atoms with Crippen molar-refractivity contribution in [3.8, 4) is 6.07 Å². The summed E-state index contributed by atoms with van der Waals surface area (Å²) in [5, 5.41) is 8.41. The third kappa shape index (κ3) is 8.34.